The van der Waals surface area contributed by atoms with Crippen LogP contribution in [-0.4, -0.2) is 4.57 Å². The van der Waals surface area contributed by atoms with Gasteiger partial charge in [0.15, 0.2) is 0 Å². The number of rotatable bonds is 3. The number of benzene rings is 10. The topological polar surface area (TPSA) is 4.93 Å². The third-order valence-electron chi connectivity index (χ3n) is 13.4. The Hall–Kier alpha value is -7.00. The zero-order valence-electron chi connectivity index (χ0n) is 32.8. The molecule has 0 bridgehead atoms. The molecular formula is C57H37NS. The molecule has 2 aromatic heterocycles. The minimum Gasteiger partial charge on any atom is -0.308 e. The lowest BCUT2D eigenvalue weighted by Gasteiger charge is -2.22. The number of thiophene rings is 1. The first-order valence-electron chi connectivity index (χ1n) is 20.6. The molecule has 12 aromatic rings. The van der Waals surface area contributed by atoms with Crippen molar-refractivity contribution in [1.82, 2.24) is 4.57 Å². The molecule has 0 N–H and O–H groups in total. The molecule has 1 nitrogen and oxygen atoms in total. The fourth-order valence-corrected chi connectivity index (χ4v) is 11.9. The van der Waals surface area contributed by atoms with Gasteiger partial charge in [-0.25, -0.2) is 0 Å². The van der Waals surface area contributed by atoms with Crippen LogP contribution >= 0.6 is 11.3 Å². The fourth-order valence-electron chi connectivity index (χ4n) is 10.6. The summed E-state index contributed by atoms with van der Waals surface area (Å²) in [5.74, 6) is 0. The molecule has 0 fully saturated rings. The lowest BCUT2D eigenvalue weighted by molar-refractivity contribution is 0.660. The predicted octanol–water partition coefficient (Wildman–Crippen LogP) is 16.3. The summed E-state index contributed by atoms with van der Waals surface area (Å²) in [5.41, 5.74) is 14.1. The van der Waals surface area contributed by atoms with E-state index < -0.39 is 0 Å². The smallest absolute Gasteiger partial charge is 0.0634 e. The average Bonchev–Trinajstić information content (AvgIpc) is 3.93. The van der Waals surface area contributed by atoms with Crippen LogP contribution in [0.15, 0.2) is 188 Å². The highest BCUT2D eigenvalue weighted by atomic mass is 32.1. The zero-order valence-corrected chi connectivity index (χ0v) is 33.6. The molecule has 2 heteroatoms. The molecule has 1 aliphatic rings. The van der Waals surface area contributed by atoms with Crippen molar-refractivity contribution < 1.29 is 0 Å². The van der Waals surface area contributed by atoms with E-state index in [2.05, 4.69) is 206 Å². The molecule has 10 aromatic carbocycles. The summed E-state index contributed by atoms with van der Waals surface area (Å²) in [7, 11) is 0. The second kappa shape index (κ2) is 12.0. The Morgan fingerprint density at radius 2 is 0.898 bits per heavy atom. The van der Waals surface area contributed by atoms with Gasteiger partial charge in [-0.05, 0) is 96.4 Å². The summed E-state index contributed by atoms with van der Waals surface area (Å²) in [4.78, 5) is 0. The summed E-state index contributed by atoms with van der Waals surface area (Å²) in [6.45, 7) is 4.74. The highest BCUT2D eigenvalue weighted by molar-refractivity contribution is 7.27. The summed E-state index contributed by atoms with van der Waals surface area (Å²) < 4.78 is 5.24. The largest absolute Gasteiger partial charge is 0.308 e. The van der Waals surface area contributed by atoms with Gasteiger partial charge in [0.2, 0.25) is 0 Å². The third-order valence-corrected chi connectivity index (χ3v) is 14.5. The van der Waals surface area contributed by atoms with Crippen molar-refractivity contribution in [1.29, 1.82) is 0 Å². The minimum absolute atomic E-state index is 0.0497. The maximum Gasteiger partial charge on any atom is 0.0634 e. The van der Waals surface area contributed by atoms with E-state index in [0.29, 0.717) is 0 Å². The third kappa shape index (κ3) is 4.50. The van der Waals surface area contributed by atoms with E-state index in [1.165, 1.54) is 124 Å². The monoisotopic (exact) mass is 767 g/mol. The first-order chi connectivity index (χ1) is 29.0. The second-order valence-corrected chi connectivity index (χ2v) is 17.8. The van der Waals surface area contributed by atoms with Gasteiger partial charge in [0.1, 0.15) is 0 Å². The van der Waals surface area contributed by atoms with Crippen LogP contribution in [0, 0.1) is 0 Å². The lowest BCUT2D eigenvalue weighted by atomic mass is 9.81. The molecule has 0 amide bonds. The second-order valence-electron chi connectivity index (χ2n) is 16.8. The standard InChI is InChI=1S/C57H37NS/c1-57(2)48-23-13-12-18-41(48)42-30-26-37(33-49(42)57)36-27-31-50-47(32-36)51-44-20-9-11-22-46(44)55-53(56(51)59-50)52-43-19-8-6-16-39(43)40-17-7-10-21-45(40)54(52)58(55)38-28-24-35(25-29-38)34-14-4-3-5-15-34/h3-33H,1-2H3. The summed E-state index contributed by atoms with van der Waals surface area (Å²) in [6, 6.07) is 70.3. The molecule has 0 saturated heterocycles. The number of hydrogen-bond donors (Lipinski definition) is 0. The number of aromatic nitrogens is 1. The van der Waals surface area contributed by atoms with Crippen LogP contribution in [0.4, 0.5) is 0 Å². The van der Waals surface area contributed by atoms with Crippen LogP contribution in [0.5, 0.6) is 0 Å². The minimum atomic E-state index is -0.0497. The van der Waals surface area contributed by atoms with Crippen LogP contribution in [0.3, 0.4) is 0 Å². The molecule has 59 heavy (non-hydrogen) atoms. The van der Waals surface area contributed by atoms with Gasteiger partial charge < -0.3 is 4.57 Å². The molecule has 0 radical (unpaired) electrons. The van der Waals surface area contributed by atoms with E-state index in [9.17, 15) is 0 Å². The molecule has 276 valence electrons. The van der Waals surface area contributed by atoms with Crippen molar-refractivity contribution >= 4 is 85.6 Å². The van der Waals surface area contributed by atoms with Crippen LogP contribution < -0.4 is 0 Å². The van der Waals surface area contributed by atoms with E-state index in [4.69, 9.17) is 0 Å². The van der Waals surface area contributed by atoms with Crippen molar-refractivity contribution in [2.45, 2.75) is 19.3 Å². The Labute approximate surface area is 346 Å². The zero-order chi connectivity index (χ0) is 39.0. The van der Waals surface area contributed by atoms with Gasteiger partial charge in [0, 0.05) is 52.8 Å². The van der Waals surface area contributed by atoms with E-state index in [0.717, 1.165) is 0 Å². The van der Waals surface area contributed by atoms with Gasteiger partial charge in [0.05, 0.1) is 11.0 Å². The molecule has 1 aliphatic carbocycles. The Balaban J connectivity index is 1.15. The number of hydrogen-bond acceptors (Lipinski definition) is 1. The molecular weight excluding hydrogens is 731 g/mol. The van der Waals surface area contributed by atoms with Crippen molar-refractivity contribution in [2.24, 2.45) is 0 Å². The van der Waals surface area contributed by atoms with Gasteiger partial charge in [0.25, 0.3) is 0 Å². The van der Waals surface area contributed by atoms with Crippen LogP contribution in [0.1, 0.15) is 25.0 Å². The maximum absolute atomic E-state index is 2.58. The van der Waals surface area contributed by atoms with Crippen molar-refractivity contribution in [2.75, 3.05) is 0 Å². The molecule has 0 spiro atoms. The quantitative estimate of drug-likeness (QED) is 0.158. The molecule has 0 unspecified atom stereocenters. The van der Waals surface area contributed by atoms with Crippen molar-refractivity contribution in [3.63, 3.8) is 0 Å². The fraction of sp³-hybridized carbons (Fsp3) is 0.0526. The van der Waals surface area contributed by atoms with Crippen LogP contribution in [0.2, 0.25) is 0 Å². The van der Waals surface area contributed by atoms with Gasteiger partial charge >= 0.3 is 0 Å². The molecule has 2 heterocycles. The Morgan fingerprint density at radius 1 is 0.373 bits per heavy atom. The van der Waals surface area contributed by atoms with E-state index in [-0.39, 0.29) is 5.41 Å². The van der Waals surface area contributed by atoms with E-state index in [1.54, 1.807) is 0 Å². The number of nitrogens with zero attached hydrogens (tertiary/aromatic N) is 1. The molecule has 0 atom stereocenters. The van der Waals surface area contributed by atoms with Crippen LogP contribution in [-0.2, 0) is 5.41 Å². The van der Waals surface area contributed by atoms with E-state index in [1.807, 2.05) is 11.3 Å². The Kier molecular flexibility index (Phi) is 6.73. The molecule has 0 saturated carbocycles. The van der Waals surface area contributed by atoms with Crippen molar-refractivity contribution in [3.05, 3.63) is 199 Å². The highest BCUT2D eigenvalue weighted by Gasteiger charge is 2.35. The Bertz CT molecular complexity index is 3730. The highest BCUT2D eigenvalue weighted by Crippen LogP contribution is 2.53. The van der Waals surface area contributed by atoms with Crippen LogP contribution in [0.25, 0.3) is 113 Å². The predicted molar refractivity (Wildman–Crippen MR) is 255 cm³/mol. The number of fused-ring (bicyclic) bond motifs is 18. The normalized spacial score (nSPS) is 13.4. The maximum atomic E-state index is 2.58. The van der Waals surface area contributed by atoms with Gasteiger partial charge in [-0.3, -0.25) is 0 Å². The summed E-state index contributed by atoms with van der Waals surface area (Å²) in [5, 5.41) is 13.0. The average molecular weight is 768 g/mol. The first kappa shape index (κ1) is 33.0. The Morgan fingerprint density at radius 3 is 1.66 bits per heavy atom. The van der Waals surface area contributed by atoms with Gasteiger partial charge in [-0.15, -0.1) is 11.3 Å². The summed E-state index contributed by atoms with van der Waals surface area (Å²) in [6.07, 6.45) is 0. The molecule has 0 aliphatic heterocycles. The lowest BCUT2D eigenvalue weighted by Crippen LogP contribution is -2.14. The first-order valence-corrected chi connectivity index (χ1v) is 21.4. The van der Waals surface area contributed by atoms with Gasteiger partial charge in [-0.1, -0.05) is 172 Å². The SMILES string of the molecule is CC1(C)c2ccccc2-c2ccc(-c3ccc4sc5c(c4c3)c3ccccc3c3c5c4c5ccccc5c5ccccc5c4n3-c3ccc(-c4ccccc4)cc3)cc21. The van der Waals surface area contributed by atoms with E-state index >= 15 is 0 Å². The van der Waals surface area contributed by atoms with Crippen molar-refractivity contribution in [3.8, 4) is 39.1 Å². The summed E-state index contributed by atoms with van der Waals surface area (Å²) >= 11 is 1.95. The van der Waals surface area contributed by atoms with Gasteiger partial charge in [-0.2, -0.15) is 0 Å². The molecule has 13 rings (SSSR count).